The lowest BCUT2D eigenvalue weighted by molar-refractivity contribution is -0.121. The zero-order valence-corrected chi connectivity index (χ0v) is 14.9. The first-order valence-corrected chi connectivity index (χ1v) is 8.78. The van der Waals surface area contributed by atoms with E-state index in [2.05, 4.69) is 17.2 Å². The van der Waals surface area contributed by atoms with E-state index in [-0.39, 0.29) is 29.0 Å². The van der Waals surface area contributed by atoms with E-state index in [0.717, 1.165) is 31.9 Å². The number of hydrogen-bond donors (Lipinski definition) is 1. The SMILES string of the molecule is COc1cc(F)ccc1-c1cc(NC(=O)[C@H]2CCC[C@@H](C)C2)ncc1F. The predicted octanol–water partition coefficient (Wildman–Crippen LogP) is 4.80. The second-order valence-corrected chi connectivity index (χ2v) is 6.85. The summed E-state index contributed by atoms with van der Waals surface area (Å²) in [5.74, 6) is -0.162. The van der Waals surface area contributed by atoms with Crippen molar-refractivity contribution in [3.63, 3.8) is 0 Å². The summed E-state index contributed by atoms with van der Waals surface area (Å²) >= 11 is 0. The van der Waals surface area contributed by atoms with Gasteiger partial charge in [0.25, 0.3) is 0 Å². The highest BCUT2D eigenvalue weighted by molar-refractivity contribution is 5.92. The molecule has 1 saturated carbocycles. The summed E-state index contributed by atoms with van der Waals surface area (Å²) in [4.78, 5) is 16.5. The number of amides is 1. The molecule has 1 aliphatic rings. The summed E-state index contributed by atoms with van der Waals surface area (Å²) in [7, 11) is 1.39. The fourth-order valence-corrected chi connectivity index (χ4v) is 3.50. The molecule has 1 amide bonds. The normalized spacial score (nSPS) is 19.8. The third-order valence-corrected chi connectivity index (χ3v) is 4.87. The van der Waals surface area contributed by atoms with Gasteiger partial charge in [0.1, 0.15) is 23.2 Å². The molecule has 1 aromatic heterocycles. The lowest BCUT2D eigenvalue weighted by atomic mass is 9.82. The van der Waals surface area contributed by atoms with Gasteiger partial charge in [-0.3, -0.25) is 4.79 Å². The van der Waals surface area contributed by atoms with Crippen LogP contribution in [0.5, 0.6) is 5.75 Å². The van der Waals surface area contributed by atoms with Crippen LogP contribution in [0.2, 0.25) is 0 Å². The lowest BCUT2D eigenvalue weighted by Crippen LogP contribution is -2.27. The van der Waals surface area contributed by atoms with Gasteiger partial charge in [0, 0.05) is 23.1 Å². The summed E-state index contributed by atoms with van der Waals surface area (Å²) in [5, 5.41) is 2.79. The fraction of sp³-hybridized carbons (Fsp3) is 0.400. The third-order valence-electron chi connectivity index (χ3n) is 4.87. The molecular formula is C20H22F2N2O2. The molecule has 0 spiro atoms. The van der Waals surface area contributed by atoms with Gasteiger partial charge in [-0.1, -0.05) is 19.8 Å². The minimum absolute atomic E-state index is 0.0468. The first kappa shape index (κ1) is 18.3. The Morgan fingerprint density at radius 3 is 2.77 bits per heavy atom. The summed E-state index contributed by atoms with van der Waals surface area (Å²) in [6.07, 6.45) is 4.94. The van der Waals surface area contributed by atoms with Gasteiger partial charge in [-0.05, 0) is 37.0 Å². The van der Waals surface area contributed by atoms with Crippen molar-refractivity contribution in [2.24, 2.45) is 11.8 Å². The van der Waals surface area contributed by atoms with Gasteiger partial charge in [0.2, 0.25) is 5.91 Å². The molecule has 1 aliphatic carbocycles. The number of nitrogens with one attached hydrogen (secondary N) is 1. The van der Waals surface area contributed by atoms with Crippen LogP contribution in [0.4, 0.5) is 14.6 Å². The van der Waals surface area contributed by atoms with Crippen LogP contribution in [-0.2, 0) is 4.79 Å². The number of rotatable bonds is 4. The van der Waals surface area contributed by atoms with Crippen molar-refractivity contribution >= 4 is 11.7 Å². The molecule has 138 valence electrons. The Balaban J connectivity index is 1.85. The van der Waals surface area contributed by atoms with E-state index in [0.29, 0.717) is 11.5 Å². The number of nitrogens with zero attached hydrogens (tertiary/aromatic N) is 1. The Morgan fingerprint density at radius 2 is 2.04 bits per heavy atom. The number of benzene rings is 1. The first-order chi connectivity index (χ1) is 12.5. The van der Waals surface area contributed by atoms with E-state index < -0.39 is 11.6 Å². The van der Waals surface area contributed by atoms with Crippen molar-refractivity contribution in [2.75, 3.05) is 12.4 Å². The highest BCUT2D eigenvalue weighted by Crippen LogP contribution is 2.34. The van der Waals surface area contributed by atoms with Crippen molar-refractivity contribution < 1.29 is 18.3 Å². The average Bonchev–Trinajstić information content (AvgIpc) is 2.63. The van der Waals surface area contributed by atoms with E-state index in [1.165, 1.54) is 31.4 Å². The quantitative estimate of drug-likeness (QED) is 0.852. The highest BCUT2D eigenvalue weighted by Gasteiger charge is 2.25. The minimum atomic E-state index is -0.570. The Hall–Kier alpha value is -2.50. The second-order valence-electron chi connectivity index (χ2n) is 6.85. The Morgan fingerprint density at radius 1 is 1.23 bits per heavy atom. The maximum absolute atomic E-state index is 14.3. The topological polar surface area (TPSA) is 51.2 Å². The Kier molecular flexibility index (Phi) is 5.49. The highest BCUT2D eigenvalue weighted by atomic mass is 19.1. The molecule has 0 bridgehead atoms. The molecule has 1 aromatic carbocycles. The molecule has 4 nitrogen and oxygen atoms in total. The van der Waals surface area contributed by atoms with Crippen LogP contribution in [0.25, 0.3) is 11.1 Å². The number of anilines is 1. The number of pyridine rings is 1. The Bertz CT molecular complexity index is 810. The molecule has 6 heteroatoms. The molecule has 1 heterocycles. The monoisotopic (exact) mass is 360 g/mol. The molecule has 0 radical (unpaired) electrons. The second kappa shape index (κ2) is 7.81. The van der Waals surface area contributed by atoms with Crippen LogP contribution in [0.1, 0.15) is 32.6 Å². The minimum Gasteiger partial charge on any atom is -0.496 e. The van der Waals surface area contributed by atoms with Crippen LogP contribution in [-0.4, -0.2) is 18.0 Å². The van der Waals surface area contributed by atoms with Gasteiger partial charge < -0.3 is 10.1 Å². The van der Waals surface area contributed by atoms with Gasteiger partial charge in [-0.15, -0.1) is 0 Å². The number of ether oxygens (including phenoxy) is 1. The maximum atomic E-state index is 14.3. The molecule has 0 unspecified atom stereocenters. The predicted molar refractivity (Wildman–Crippen MR) is 95.9 cm³/mol. The van der Waals surface area contributed by atoms with Gasteiger partial charge in [0.15, 0.2) is 0 Å². The zero-order valence-electron chi connectivity index (χ0n) is 14.9. The van der Waals surface area contributed by atoms with Gasteiger partial charge >= 0.3 is 0 Å². The van der Waals surface area contributed by atoms with Crippen molar-refractivity contribution in [1.29, 1.82) is 0 Å². The number of carbonyl (C=O) groups excluding carboxylic acids is 1. The Labute approximate surface area is 151 Å². The molecule has 0 saturated heterocycles. The van der Waals surface area contributed by atoms with E-state index >= 15 is 0 Å². The first-order valence-electron chi connectivity index (χ1n) is 8.78. The lowest BCUT2D eigenvalue weighted by Gasteiger charge is -2.25. The third kappa shape index (κ3) is 4.00. The molecular weight excluding hydrogens is 338 g/mol. The van der Waals surface area contributed by atoms with Crippen LogP contribution < -0.4 is 10.1 Å². The molecule has 0 aliphatic heterocycles. The van der Waals surface area contributed by atoms with Crippen LogP contribution >= 0.6 is 0 Å². The number of hydrogen-bond acceptors (Lipinski definition) is 3. The molecule has 3 rings (SSSR count). The van der Waals surface area contributed by atoms with E-state index in [9.17, 15) is 13.6 Å². The molecule has 1 N–H and O–H groups in total. The van der Waals surface area contributed by atoms with Crippen molar-refractivity contribution in [2.45, 2.75) is 32.6 Å². The van der Waals surface area contributed by atoms with Crippen molar-refractivity contribution in [3.8, 4) is 16.9 Å². The molecule has 26 heavy (non-hydrogen) atoms. The van der Waals surface area contributed by atoms with E-state index in [4.69, 9.17) is 4.74 Å². The molecule has 1 fully saturated rings. The molecule has 2 aromatic rings. The maximum Gasteiger partial charge on any atom is 0.228 e. The van der Waals surface area contributed by atoms with Crippen LogP contribution in [0.15, 0.2) is 30.5 Å². The molecule has 2 atom stereocenters. The smallest absolute Gasteiger partial charge is 0.228 e. The largest absolute Gasteiger partial charge is 0.496 e. The van der Waals surface area contributed by atoms with Crippen LogP contribution in [0, 0.1) is 23.5 Å². The number of carbonyl (C=O) groups is 1. The zero-order chi connectivity index (χ0) is 18.7. The van der Waals surface area contributed by atoms with Gasteiger partial charge in [0.05, 0.1) is 13.3 Å². The van der Waals surface area contributed by atoms with Crippen molar-refractivity contribution in [3.05, 3.63) is 42.1 Å². The standard InChI is InChI=1S/C20H22F2N2O2/c1-12-4-3-5-13(8-12)20(25)24-19-10-16(17(22)11-23-19)15-7-6-14(21)9-18(15)26-2/h6-7,9-13H,3-5,8H2,1-2H3,(H,23,24,25)/t12-,13+/m1/s1. The number of aromatic nitrogens is 1. The summed E-state index contributed by atoms with van der Waals surface area (Å²) in [5.41, 5.74) is 0.597. The van der Waals surface area contributed by atoms with Gasteiger partial charge in [-0.25, -0.2) is 13.8 Å². The average molecular weight is 360 g/mol. The summed E-state index contributed by atoms with van der Waals surface area (Å²) < 4.78 is 32.8. The van der Waals surface area contributed by atoms with Gasteiger partial charge in [-0.2, -0.15) is 0 Å². The summed E-state index contributed by atoms with van der Waals surface area (Å²) in [6, 6.07) is 5.33. The van der Waals surface area contributed by atoms with E-state index in [1.54, 1.807) is 0 Å². The summed E-state index contributed by atoms with van der Waals surface area (Å²) in [6.45, 7) is 2.15. The van der Waals surface area contributed by atoms with Crippen LogP contribution in [0.3, 0.4) is 0 Å². The number of halogens is 2. The fourth-order valence-electron chi connectivity index (χ4n) is 3.50. The van der Waals surface area contributed by atoms with E-state index in [1.807, 2.05) is 0 Å². The number of methoxy groups -OCH3 is 1. The van der Waals surface area contributed by atoms with Crippen molar-refractivity contribution in [1.82, 2.24) is 4.98 Å².